The highest BCUT2D eigenvalue weighted by molar-refractivity contribution is 4.92. The molecule has 1 unspecified atom stereocenters. The Balaban J connectivity index is 2.39. The second-order valence-electron chi connectivity index (χ2n) is 5.61. The van der Waals surface area contributed by atoms with Crippen LogP contribution in [0.4, 0.5) is 0 Å². The molecule has 2 nitrogen and oxygen atoms in total. The predicted octanol–water partition coefficient (Wildman–Crippen LogP) is 2.52. The summed E-state index contributed by atoms with van der Waals surface area (Å²) in [6.07, 6.45) is 5.72. The summed E-state index contributed by atoms with van der Waals surface area (Å²) in [5, 5.41) is 3.52. The first-order valence-electron chi connectivity index (χ1n) is 6.61. The number of unbranched alkanes of at least 4 members (excludes halogenated alkanes) is 1. The molecule has 1 aliphatic rings. The zero-order valence-electron chi connectivity index (χ0n) is 11.3. The predicted molar refractivity (Wildman–Crippen MR) is 71.7 cm³/mol. The molecule has 0 saturated carbocycles. The van der Waals surface area contributed by atoms with E-state index in [9.17, 15) is 0 Å². The largest absolute Gasteiger partial charge is 0.316 e. The molecule has 2 heteroatoms. The molecule has 0 aliphatic carbocycles. The molecule has 0 bridgehead atoms. The van der Waals surface area contributed by atoms with Crippen LogP contribution < -0.4 is 5.32 Å². The summed E-state index contributed by atoms with van der Waals surface area (Å²) in [6, 6.07) is 0. The van der Waals surface area contributed by atoms with Gasteiger partial charge in [0, 0.05) is 13.1 Å². The molecule has 1 aliphatic heterocycles. The van der Waals surface area contributed by atoms with E-state index in [4.69, 9.17) is 0 Å². The van der Waals surface area contributed by atoms with Crippen molar-refractivity contribution < 1.29 is 0 Å². The maximum atomic E-state index is 3.77. The smallest absolute Gasteiger partial charge is 0.00500 e. The second kappa shape index (κ2) is 6.41. The van der Waals surface area contributed by atoms with Gasteiger partial charge in [-0.3, -0.25) is 0 Å². The van der Waals surface area contributed by atoms with E-state index < -0.39 is 0 Å². The quantitative estimate of drug-likeness (QED) is 0.528. The highest BCUT2D eigenvalue weighted by atomic mass is 15.1. The van der Waals surface area contributed by atoms with Crippen molar-refractivity contribution in [1.29, 1.82) is 0 Å². The van der Waals surface area contributed by atoms with Gasteiger partial charge < -0.3 is 10.2 Å². The van der Waals surface area contributed by atoms with Crippen molar-refractivity contribution in [3.05, 3.63) is 12.7 Å². The highest BCUT2D eigenvalue weighted by Crippen LogP contribution is 2.34. The molecule has 1 rings (SSSR count). The number of rotatable bonds is 7. The average molecular weight is 224 g/mol. The SMILES string of the molecule is C=CCCCN(C)CC1(C(C)C)CCNC1. The van der Waals surface area contributed by atoms with Crippen LogP contribution in [0.3, 0.4) is 0 Å². The monoisotopic (exact) mass is 224 g/mol. The molecular weight excluding hydrogens is 196 g/mol. The lowest BCUT2D eigenvalue weighted by atomic mass is 9.76. The summed E-state index contributed by atoms with van der Waals surface area (Å²) in [5.74, 6) is 0.768. The molecule has 0 aromatic carbocycles. The van der Waals surface area contributed by atoms with Crippen LogP contribution in [0.15, 0.2) is 12.7 Å². The first-order chi connectivity index (χ1) is 7.60. The number of allylic oxidation sites excluding steroid dienone is 1. The summed E-state index contributed by atoms with van der Waals surface area (Å²) in [7, 11) is 2.26. The Hall–Kier alpha value is -0.340. The fourth-order valence-corrected chi connectivity index (χ4v) is 2.70. The molecule has 0 aromatic rings. The minimum absolute atomic E-state index is 0.503. The van der Waals surface area contributed by atoms with E-state index in [1.165, 1.54) is 39.0 Å². The van der Waals surface area contributed by atoms with Gasteiger partial charge in [-0.1, -0.05) is 19.9 Å². The molecule has 94 valence electrons. The van der Waals surface area contributed by atoms with Crippen molar-refractivity contribution >= 4 is 0 Å². The van der Waals surface area contributed by atoms with Gasteiger partial charge in [0.05, 0.1) is 0 Å². The van der Waals surface area contributed by atoms with Crippen LogP contribution in [0.25, 0.3) is 0 Å². The Morgan fingerprint density at radius 2 is 2.25 bits per heavy atom. The van der Waals surface area contributed by atoms with E-state index in [2.05, 4.69) is 37.7 Å². The standard InChI is InChI=1S/C14H28N2/c1-5-6-7-10-16(4)12-14(13(2)3)8-9-15-11-14/h5,13,15H,1,6-12H2,2-4H3. The van der Waals surface area contributed by atoms with Crippen molar-refractivity contribution in [3.8, 4) is 0 Å². The van der Waals surface area contributed by atoms with E-state index in [1.807, 2.05) is 6.08 Å². The van der Waals surface area contributed by atoms with Crippen LogP contribution in [0, 0.1) is 11.3 Å². The molecule has 16 heavy (non-hydrogen) atoms. The Kier molecular flexibility index (Phi) is 5.50. The second-order valence-corrected chi connectivity index (χ2v) is 5.61. The fraction of sp³-hybridized carbons (Fsp3) is 0.857. The van der Waals surface area contributed by atoms with Gasteiger partial charge in [0.1, 0.15) is 0 Å². The maximum Gasteiger partial charge on any atom is 0.00500 e. The summed E-state index contributed by atoms with van der Waals surface area (Å²) in [4.78, 5) is 2.50. The van der Waals surface area contributed by atoms with Gasteiger partial charge in [-0.05, 0) is 50.7 Å². The Bertz CT molecular complexity index is 205. The third-order valence-electron chi connectivity index (χ3n) is 4.03. The van der Waals surface area contributed by atoms with Crippen molar-refractivity contribution in [2.24, 2.45) is 11.3 Å². The zero-order valence-corrected chi connectivity index (χ0v) is 11.3. The molecule has 0 amide bonds. The Labute approximate surface area is 101 Å². The van der Waals surface area contributed by atoms with E-state index >= 15 is 0 Å². The molecular formula is C14H28N2. The van der Waals surface area contributed by atoms with E-state index in [0.717, 1.165) is 12.3 Å². The molecule has 1 fully saturated rings. The first kappa shape index (κ1) is 13.7. The van der Waals surface area contributed by atoms with E-state index in [-0.39, 0.29) is 0 Å². The van der Waals surface area contributed by atoms with Crippen LogP contribution >= 0.6 is 0 Å². The van der Waals surface area contributed by atoms with Gasteiger partial charge in [-0.25, -0.2) is 0 Å². The van der Waals surface area contributed by atoms with Crippen molar-refractivity contribution in [1.82, 2.24) is 10.2 Å². The number of hydrogen-bond acceptors (Lipinski definition) is 2. The van der Waals surface area contributed by atoms with Crippen molar-refractivity contribution in [2.75, 3.05) is 33.2 Å². The van der Waals surface area contributed by atoms with Crippen molar-refractivity contribution in [3.63, 3.8) is 0 Å². The normalized spacial score (nSPS) is 25.6. The molecule has 0 aromatic heterocycles. The topological polar surface area (TPSA) is 15.3 Å². The molecule has 0 spiro atoms. The van der Waals surface area contributed by atoms with E-state index in [1.54, 1.807) is 0 Å². The van der Waals surface area contributed by atoms with Gasteiger partial charge in [0.15, 0.2) is 0 Å². The summed E-state index contributed by atoms with van der Waals surface area (Å²) in [6.45, 7) is 13.3. The van der Waals surface area contributed by atoms with Crippen LogP contribution in [0.2, 0.25) is 0 Å². The van der Waals surface area contributed by atoms with Gasteiger partial charge in [0.2, 0.25) is 0 Å². The first-order valence-corrected chi connectivity index (χ1v) is 6.61. The minimum atomic E-state index is 0.503. The Morgan fingerprint density at radius 1 is 1.50 bits per heavy atom. The number of nitrogens with zero attached hydrogens (tertiary/aromatic N) is 1. The molecule has 0 radical (unpaired) electrons. The third-order valence-corrected chi connectivity index (χ3v) is 4.03. The summed E-state index contributed by atoms with van der Waals surface area (Å²) < 4.78 is 0. The van der Waals surface area contributed by atoms with Crippen molar-refractivity contribution in [2.45, 2.75) is 33.1 Å². The zero-order chi connectivity index (χ0) is 12.0. The maximum absolute atomic E-state index is 3.77. The van der Waals surface area contributed by atoms with Crippen LogP contribution in [-0.2, 0) is 0 Å². The van der Waals surface area contributed by atoms with Crippen LogP contribution in [0.5, 0.6) is 0 Å². The fourth-order valence-electron chi connectivity index (χ4n) is 2.70. The summed E-state index contributed by atoms with van der Waals surface area (Å²) >= 11 is 0. The number of hydrogen-bond donors (Lipinski definition) is 1. The molecule has 1 N–H and O–H groups in total. The molecule has 1 saturated heterocycles. The lowest BCUT2D eigenvalue weighted by molar-refractivity contribution is 0.135. The molecule has 1 heterocycles. The lowest BCUT2D eigenvalue weighted by Gasteiger charge is -2.36. The van der Waals surface area contributed by atoms with Gasteiger partial charge in [-0.2, -0.15) is 0 Å². The van der Waals surface area contributed by atoms with E-state index in [0.29, 0.717) is 5.41 Å². The Morgan fingerprint density at radius 3 is 2.75 bits per heavy atom. The average Bonchev–Trinajstić information content (AvgIpc) is 2.68. The minimum Gasteiger partial charge on any atom is -0.316 e. The third kappa shape index (κ3) is 3.60. The number of nitrogens with one attached hydrogen (secondary N) is 1. The van der Waals surface area contributed by atoms with Gasteiger partial charge in [-0.15, -0.1) is 6.58 Å². The summed E-state index contributed by atoms with van der Waals surface area (Å²) in [5.41, 5.74) is 0.503. The highest BCUT2D eigenvalue weighted by Gasteiger charge is 2.37. The van der Waals surface area contributed by atoms with Gasteiger partial charge in [0.25, 0.3) is 0 Å². The molecule has 1 atom stereocenters. The van der Waals surface area contributed by atoms with Crippen LogP contribution in [0.1, 0.15) is 33.1 Å². The van der Waals surface area contributed by atoms with Gasteiger partial charge >= 0.3 is 0 Å². The van der Waals surface area contributed by atoms with Crippen LogP contribution in [-0.4, -0.2) is 38.1 Å². The lowest BCUT2D eigenvalue weighted by Crippen LogP contribution is -2.41.